The Hall–Kier alpha value is -1.07. The smallest absolute Gasteiger partial charge is 0.306 e. The van der Waals surface area contributed by atoms with Crippen LogP contribution < -0.4 is 0 Å². The van der Waals surface area contributed by atoms with Crippen molar-refractivity contribution < 1.29 is 44.2 Å². The van der Waals surface area contributed by atoms with E-state index in [0.29, 0.717) is 13.0 Å². The Morgan fingerprint density at radius 1 is 0.633 bits per heavy atom. The largest absolute Gasteiger partial charge is 0.457 e. The first-order chi connectivity index (χ1) is 23.9. The number of carbonyl (C=O) groups is 1. The number of hydrogen-bond acceptors (Lipinski definition) is 9. The molecule has 1 aliphatic rings. The molecule has 9 heteroatoms. The zero-order valence-electron chi connectivity index (χ0n) is 31.5. The second kappa shape index (κ2) is 32.8. The highest BCUT2D eigenvalue weighted by atomic mass is 16.7. The Balaban J connectivity index is 2.30. The molecule has 0 bridgehead atoms. The number of aliphatic hydroxyl groups is 4. The molecule has 4 N–H and O–H groups in total. The average molecular weight is 701 g/mol. The molecule has 0 spiro atoms. The second-order valence-corrected chi connectivity index (χ2v) is 14.1. The van der Waals surface area contributed by atoms with Crippen LogP contribution in [-0.4, -0.2) is 89.6 Å². The van der Waals surface area contributed by atoms with Gasteiger partial charge in [-0.2, -0.15) is 0 Å². The number of unbranched alkanes of at least 4 members (excludes halogenated alkanes) is 21. The molecule has 1 fully saturated rings. The van der Waals surface area contributed by atoms with Gasteiger partial charge in [-0.05, 0) is 38.5 Å². The molecule has 0 radical (unpaired) electrons. The lowest BCUT2D eigenvalue weighted by atomic mass is 9.99. The lowest BCUT2D eigenvalue weighted by molar-refractivity contribution is -0.305. The summed E-state index contributed by atoms with van der Waals surface area (Å²) in [6, 6.07) is 0. The Morgan fingerprint density at radius 3 is 1.65 bits per heavy atom. The van der Waals surface area contributed by atoms with Crippen molar-refractivity contribution in [3.05, 3.63) is 12.2 Å². The maximum absolute atomic E-state index is 12.7. The minimum atomic E-state index is -1.53. The van der Waals surface area contributed by atoms with Crippen molar-refractivity contribution >= 4 is 5.97 Å². The molecule has 6 atom stereocenters. The van der Waals surface area contributed by atoms with Crippen molar-refractivity contribution in [2.45, 2.75) is 211 Å². The Labute approximate surface area is 299 Å². The van der Waals surface area contributed by atoms with Gasteiger partial charge in [0.25, 0.3) is 0 Å². The highest BCUT2D eigenvalue weighted by molar-refractivity contribution is 5.69. The summed E-state index contributed by atoms with van der Waals surface area (Å²) >= 11 is 0. The number of carbonyl (C=O) groups excluding carboxylic acids is 1. The maximum Gasteiger partial charge on any atom is 0.306 e. The van der Waals surface area contributed by atoms with Gasteiger partial charge in [0.1, 0.15) is 30.5 Å². The first-order valence-corrected chi connectivity index (χ1v) is 20.3. The fraction of sp³-hybridized carbons (Fsp3) is 0.925. The van der Waals surface area contributed by atoms with E-state index in [4.69, 9.17) is 18.9 Å². The third-order valence-electron chi connectivity index (χ3n) is 9.43. The van der Waals surface area contributed by atoms with E-state index in [1.807, 2.05) is 0 Å². The molecule has 1 saturated heterocycles. The highest BCUT2D eigenvalue weighted by Gasteiger charge is 2.44. The quantitative estimate of drug-likeness (QED) is 0.0299. The lowest BCUT2D eigenvalue weighted by Gasteiger charge is -2.39. The van der Waals surface area contributed by atoms with Gasteiger partial charge in [0.05, 0.1) is 19.8 Å². The van der Waals surface area contributed by atoms with E-state index in [2.05, 4.69) is 26.0 Å². The number of hydrogen-bond donors (Lipinski definition) is 4. The van der Waals surface area contributed by atoms with Gasteiger partial charge in [-0.3, -0.25) is 4.79 Å². The first-order valence-electron chi connectivity index (χ1n) is 20.3. The molecule has 0 aliphatic carbocycles. The van der Waals surface area contributed by atoms with Crippen molar-refractivity contribution in [3.8, 4) is 0 Å². The van der Waals surface area contributed by atoms with Crippen molar-refractivity contribution in [1.29, 1.82) is 0 Å². The number of aliphatic hydroxyl groups excluding tert-OH is 4. The molecule has 0 aromatic carbocycles. The van der Waals surface area contributed by atoms with Crippen LogP contribution >= 0.6 is 0 Å². The maximum atomic E-state index is 12.7. The Bertz CT molecular complexity index is 762. The van der Waals surface area contributed by atoms with E-state index >= 15 is 0 Å². The van der Waals surface area contributed by atoms with Gasteiger partial charge in [-0.1, -0.05) is 142 Å². The van der Waals surface area contributed by atoms with Gasteiger partial charge in [0, 0.05) is 13.0 Å². The summed E-state index contributed by atoms with van der Waals surface area (Å²) < 4.78 is 22.7. The van der Waals surface area contributed by atoms with Crippen molar-refractivity contribution in [3.63, 3.8) is 0 Å². The van der Waals surface area contributed by atoms with Gasteiger partial charge in [-0.25, -0.2) is 0 Å². The van der Waals surface area contributed by atoms with Gasteiger partial charge in [-0.15, -0.1) is 0 Å². The summed E-state index contributed by atoms with van der Waals surface area (Å²) in [4.78, 5) is 12.7. The number of esters is 1. The third-order valence-corrected chi connectivity index (χ3v) is 9.43. The third kappa shape index (κ3) is 24.7. The van der Waals surface area contributed by atoms with Gasteiger partial charge in [0.15, 0.2) is 6.29 Å². The summed E-state index contributed by atoms with van der Waals surface area (Å²) in [6.45, 7) is 4.54. The van der Waals surface area contributed by atoms with Crippen LogP contribution in [0.4, 0.5) is 0 Å². The highest BCUT2D eigenvalue weighted by Crippen LogP contribution is 2.22. The van der Waals surface area contributed by atoms with Crippen LogP contribution in [0.25, 0.3) is 0 Å². The SMILES string of the molecule is CCCCCCCCC/C=C\CCCCCCCC(=O)OC(COCCCCCCCCCCCC)COC1OC(CO)C(O)C(O)C1O. The van der Waals surface area contributed by atoms with Crippen molar-refractivity contribution in [1.82, 2.24) is 0 Å². The monoisotopic (exact) mass is 701 g/mol. The van der Waals surface area contributed by atoms with E-state index in [-0.39, 0.29) is 19.2 Å². The predicted molar refractivity (Wildman–Crippen MR) is 196 cm³/mol. The molecule has 0 amide bonds. The standard InChI is InChI=1S/C40H76O9/c1-3-5-7-9-11-13-15-16-17-18-19-20-21-23-25-27-29-36(42)48-34(32-46-30-28-26-24-22-14-12-10-8-6-4-2)33-47-40-39(45)38(44)37(43)35(31-41)49-40/h17-18,34-35,37-41,43-45H,3-16,19-33H2,1-2H3/b18-17-. The van der Waals surface area contributed by atoms with Crippen molar-refractivity contribution in [2.24, 2.45) is 0 Å². The summed E-state index contributed by atoms with van der Waals surface area (Å²) in [7, 11) is 0. The van der Waals surface area contributed by atoms with Crippen molar-refractivity contribution in [2.75, 3.05) is 26.4 Å². The van der Waals surface area contributed by atoms with E-state index in [1.54, 1.807) is 0 Å². The van der Waals surface area contributed by atoms with Crippen LogP contribution in [0, 0.1) is 0 Å². The normalized spacial score (nSPS) is 21.8. The van der Waals surface area contributed by atoms with Gasteiger partial charge in [0.2, 0.25) is 0 Å². The average Bonchev–Trinajstić information content (AvgIpc) is 3.10. The molecule has 1 aliphatic heterocycles. The van der Waals surface area contributed by atoms with E-state index in [9.17, 15) is 25.2 Å². The summed E-state index contributed by atoms with van der Waals surface area (Å²) in [5.41, 5.74) is 0. The molecule has 49 heavy (non-hydrogen) atoms. The summed E-state index contributed by atoms with van der Waals surface area (Å²) in [6.07, 6.45) is 26.6. The van der Waals surface area contributed by atoms with E-state index < -0.39 is 43.4 Å². The molecular formula is C40H76O9. The molecular weight excluding hydrogens is 624 g/mol. The van der Waals surface area contributed by atoms with E-state index in [1.165, 1.54) is 109 Å². The topological polar surface area (TPSA) is 135 Å². The lowest BCUT2D eigenvalue weighted by Crippen LogP contribution is -2.59. The van der Waals surface area contributed by atoms with E-state index in [0.717, 1.165) is 44.9 Å². The van der Waals surface area contributed by atoms with Gasteiger partial charge < -0.3 is 39.4 Å². The Kier molecular flexibility index (Phi) is 30.8. The zero-order valence-corrected chi connectivity index (χ0v) is 31.5. The number of allylic oxidation sites excluding steroid dienone is 2. The van der Waals surface area contributed by atoms with Crippen LogP contribution in [0.2, 0.25) is 0 Å². The van der Waals surface area contributed by atoms with Crippen LogP contribution in [0.5, 0.6) is 0 Å². The Morgan fingerprint density at radius 2 is 1.12 bits per heavy atom. The molecule has 0 aromatic heterocycles. The van der Waals surface area contributed by atoms with Crippen LogP contribution in [0.15, 0.2) is 12.2 Å². The van der Waals surface area contributed by atoms with Crippen LogP contribution in [0.1, 0.15) is 174 Å². The molecule has 1 rings (SSSR count). The molecule has 0 aromatic rings. The number of rotatable bonds is 34. The van der Waals surface area contributed by atoms with Gasteiger partial charge >= 0.3 is 5.97 Å². The molecule has 0 saturated carbocycles. The molecule has 290 valence electrons. The van der Waals surface area contributed by atoms with Crippen LogP contribution in [0.3, 0.4) is 0 Å². The minimum Gasteiger partial charge on any atom is -0.457 e. The molecule has 6 unspecified atom stereocenters. The molecule has 1 heterocycles. The summed E-state index contributed by atoms with van der Waals surface area (Å²) in [5.74, 6) is -0.321. The zero-order chi connectivity index (χ0) is 35.8. The predicted octanol–water partition coefficient (Wildman–Crippen LogP) is 8.08. The first kappa shape index (κ1) is 46.0. The second-order valence-electron chi connectivity index (χ2n) is 14.1. The molecule has 9 nitrogen and oxygen atoms in total. The minimum absolute atomic E-state index is 0.112. The number of ether oxygens (including phenoxy) is 4. The van der Waals surface area contributed by atoms with Crippen LogP contribution in [-0.2, 0) is 23.7 Å². The fourth-order valence-electron chi connectivity index (χ4n) is 6.19. The summed E-state index contributed by atoms with van der Waals surface area (Å²) in [5, 5.41) is 39.9. The fourth-order valence-corrected chi connectivity index (χ4v) is 6.19.